The lowest BCUT2D eigenvalue weighted by Crippen LogP contribution is -2.24. The van der Waals surface area contributed by atoms with Gasteiger partial charge in [0, 0.05) is 12.1 Å². The molecule has 3 N–H and O–H groups in total. The zero-order valence-electron chi connectivity index (χ0n) is 11.4. The molecule has 0 aliphatic rings. The first kappa shape index (κ1) is 15.3. The first-order chi connectivity index (χ1) is 10.1. The van der Waals surface area contributed by atoms with Gasteiger partial charge in [-0.1, -0.05) is 54.3 Å². The predicted molar refractivity (Wildman–Crippen MR) is 82.8 cm³/mol. The van der Waals surface area contributed by atoms with Gasteiger partial charge in [0.2, 0.25) is 10.0 Å². The second-order valence-corrected chi connectivity index (χ2v) is 6.05. The molecule has 21 heavy (non-hydrogen) atoms. The molecule has 5 heteroatoms. The van der Waals surface area contributed by atoms with E-state index in [1.54, 1.807) is 18.2 Å². The third kappa shape index (κ3) is 4.17. The van der Waals surface area contributed by atoms with Crippen molar-refractivity contribution in [3.05, 3.63) is 65.7 Å². The Morgan fingerprint density at radius 2 is 1.67 bits per heavy atom. The molecule has 0 amide bonds. The second kappa shape index (κ2) is 7.04. The highest BCUT2D eigenvalue weighted by molar-refractivity contribution is 7.89. The summed E-state index contributed by atoms with van der Waals surface area (Å²) in [4.78, 5) is 0.168. The number of hydrogen-bond acceptors (Lipinski definition) is 3. The van der Waals surface area contributed by atoms with E-state index >= 15 is 0 Å². The van der Waals surface area contributed by atoms with Crippen LogP contribution in [0.15, 0.2) is 59.5 Å². The van der Waals surface area contributed by atoms with Gasteiger partial charge in [0.1, 0.15) is 0 Å². The molecule has 0 aliphatic carbocycles. The summed E-state index contributed by atoms with van der Waals surface area (Å²) in [6.45, 7) is 0.424. The third-order valence-corrected chi connectivity index (χ3v) is 4.27. The molecular formula is C16H16N2O2S. The van der Waals surface area contributed by atoms with Gasteiger partial charge < -0.3 is 5.73 Å². The monoisotopic (exact) mass is 300 g/mol. The van der Waals surface area contributed by atoms with Gasteiger partial charge in [0.05, 0.1) is 11.4 Å². The zero-order chi connectivity index (χ0) is 15.1. The molecule has 0 aliphatic heterocycles. The Morgan fingerprint density at radius 3 is 2.38 bits per heavy atom. The normalized spacial score (nSPS) is 10.7. The molecule has 0 heterocycles. The fraction of sp³-hybridized carbons (Fsp3) is 0.125. The summed E-state index contributed by atoms with van der Waals surface area (Å²) in [5.41, 5.74) is 6.67. The summed E-state index contributed by atoms with van der Waals surface area (Å²) in [5, 5.41) is 0. The molecular weight excluding hydrogens is 284 g/mol. The first-order valence-corrected chi connectivity index (χ1v) is 7.93. The smallest absolute Gasteiger partial charge is 0.242 e. The Labute approximate surface area is 125 Å². The standard InChI is InChI=1S/C16H16N2O2S/c17-12-6-10-15-9-4-5-11-16(15)21(19,20)18-13-14-7-2-1-3-8-14/h1-5,7-9,11,18H,12-13,17H2. The van der Waals surface area contributed by atoms with Crippen molar-refractivity contribution in [2.24, 2.45) is 5.73 Å². The first-order valence-electron chi connectivity index (χ1n) is 6.45. The zero-order valence-corrected chi connectivity index (χ0v) is 12.2. The Kier molecular flexibility index (Phi) is 5.12. The van der Waals surface area contributed by atoms with Crippen LogP contribution in [0.25, 0.3) is 0 Å². The van der Waals surface area contributed by atoms with Crippen LogP contribution in [0, 0.1) is 11.8 Å². The van der Waals surface area contributed by atoms with Crippen LogP contribution in [0.2, 0.25) is 0 Å². The molecule has 0 bridgehead atoms. The second-order valence-electron chi connectivity index (χ2n) is 4.31. The van der Waals surface area contributed by atoms with Crippen molar-refractivity contribution in [3.63, 3.8) is 0 Å². The highest BCUT2D eigenvalue weighted by Crippen LogP contribution is 2.14. The number of hydrogen-bond donors (Lipinski definition) is 2. The molecule has 0 fully saturated rings. The number of benzene rings is 2. The topological polar surface area (TPSA) is 72.2 Å². The van der Waals surface area contributed by atoms with E-state index in [2.05, 4.69) is 16.6 Å². The van der Waals surface area contributed by atoms with E-state index in [-0.39, 0.29) is 18.0 Å². The Morgan fingerprint density at radius 1 is 1.00 bits per heavy atom. The van der Waals surface area contributed by atoms with E-state index in [1.165, 1.54) is 6.07 Å². The average Bonchev–Trinajstić information content (AvgIpc) is 2.52. The number of nitrogens with two attached hydrogens (primary N) is 1. The number of rotatable bonds is 4. The minimum Gasteiger partial charge on any atom is -0.320 e. The van der Waals surface area contributed by atoms with Crippen molar-refractivity contribution in [2.45, 2.75) is 11.4 Å². The van der Waals surface area contributed by atoms with Crippen LogP contribution in [0.4, 0.5) is 0 Å². The maximum atomic E-state index is 12.4. The van der Waals surface area contributed by atoms with Crippen LogP contribution in [0.5, 0.6) is 0 Å². The Balaban J connectivity index is 2.24. The lowest BCUT2D eigenvalue weighted by atomic mass is 10.2. The molecule has 0 radical (unpaired) electrons. The summed E-state index contributed by atoms with van der Waals surface area (Å²) in [7, 11) is -3.61. The van der Waals surface area contributed by atoms with E-state index in [0.29, 0.717) is 5.56 Å². The molecule has 0 saturated heterocycles. The lowest BCUT2D eigenvalue weighted by molar-refractivity contribution is 0.581. The molecule has 0 aromatic heterocycles. The molecule has 0 unspecified atom stereocenters. The van der Waals surface area contributed by atoms with Crippen molar-refractivity contribution in [1.82, 2.24) is 4.72 Å². The SMILES string of the molecule is NCC#Cc1ccccc1S(=O)(=O)NCc1ccccc1. The van der Waals surface area contributed by atoms with Crippen LogP contribution < -0.4 is 10.5 Å². The van der Waals surface area contributed by atoms with E-state index in [1.807, 2.05) is 30.3 Å². The third-order valence-electron chi connectivity index (χ3n) is 2.81. The van der Waals surface area contributed by atoms with Crippen molar-refractivity contribution < 1.29 is 8.42 Å². The van der Waals surface area contributed by atoms with Gasteiger partial charge >= 0.3 is 0 Å². The van der Waals surface area contributed by atoms with Crippen molar-refractivity contribution in [1.29, 1.82) is 0 Å². The maximum Gasteiger partial charge on any atom is 0.242 e. The summed E-state index contributed by atoms with van der Waals surface area (Å²) >= 11 is 0. The van der Waals surface area contributed by atoms with Gasteiger partial charge in [-0.25, -0.2) is 13.1 Å². The summed E-state index contributed by atoms with van der Waals surface area (Å²) in [6.07, 6.45) is 0. The number of nitrogens with one attached hydrogen (secondary N) is 1. The molecule has 108 valence electrons. The average molecular weight is 300 g/mol. The maximum absolute atomic E-state index is 12.4. The van der Waals surface area contributed by atoms with Crippen LogP contribution in [0.3, 0.4) is 0 Å². The Bertz CT molecular complexity index is 760. The molecule has 0 atom stereocenters. The quantitative estimate of drug-likeness (QED) is 0.840. The molecule has 2 aromatic rings. The van der Waals surface area contributed by atoms with Gasteiger partial charge in [-0.2, -0.15) is 0 Å². The summed E-state index contributed by atoms with van der Waals surface area (Å²) < 4.78 is 27.3. The fourth-order valence-electron chi connectivity index (χ4n) is 1.80. The largest absolute Gasteiger partial charge is 0.320 e. The van der Waals surface area contributed by atoms with E-state index in [9.17, 15) is 8.42 Å². The van der Waals surface area contributed by atoms with Crippen LogP contribution in [-0.2, 0) is 16.6 Å². The van der Waals surface area contributed by atoms with Crippen LogP contribution in [-0.4, -0.2) is 15.0 Å². The molecule has 0 spiro atoms. The van der Waals surface area contributed by atoms with Gasteiger partial charge in [0.15, 0.2) is 0 Å². The van der Waals surface area contributed by atoms with E-state index < -0.39 is 10.0 Å². The molecule has 2 rings (SSSR count). The van der Waals surface area contributed by atoms with E-state index in [4.69, 9.17) is 5.73 Å². The minimum absolute atomic E-state index is 0.168. The minimum atomic E-state index is -3.61. The van der Waals surface area contributed by atoms with Crippen LogP contribution in [0.1, 0.15) is 11.1 Å². The van der Waals surface area contributed by atoms with Gasteiger partial charge in [-0.3, -0.25) is 0 Å². The van der Waals surface area contributed by atoms with Gasteiger partial charge in [-0.05, 0) is 17.7 Å². The summed E-state index contributed by atoms with van der Waals surface area (Å²) in [6, 6.07) is 16.0. The van der Waals surface area contributed by atoms with Crippen molar-refractivity contribution in [3.8, 4) is 11.8 Å². The molecule has 0 saturated carbocycles. The molecule has 4 nitrogen and oxygen atoms in total. The fourth-order valence-corrected chi connectivity index (χ4v) is 2.98. The highest BCUT2D eigenvalue weighted by atomic mass is 32.2. The predicted octanol–water partition coefficient (Wildman–Crippen LogP) is 1.48. The highest BCUT2D eigenvalue weighted by Gasteiger charge is 2.16. The summed E-state index contributed by atoms with van der Waals surface area (Å²) in [5.74, 6) is 5.46. The van der Waals surface area contributed by atoms with Gasteiger partial charge in [0.25, 0.3) is 0 Å². The lowest BCUT2D eigenvalue weighted by Gasteiger charge is -2.08. The van der Waals surface area contributed by atoms with E-state index in [0.717, 1.165) is 5.56 Å². The number of sulfonamides is 1. The van der Waals surface area contributed by atoms with Crippen molar-refractivity contribution in [2.75, 3.05) is 6.54 Å². The van der Waals surface area contributed by atoms with Crippen LogP contribution >= 0.6 is 0 Å². The van der Waals surface area contributed by atoms with Gasteiger partial charge in [-0.15, -0.1) is 0 Å². The Hall–Kier alpha value is -2.13. The van der Waals surface area contributed by atoms with Crippen molar-refractivity contribution >= 4 is 10.0 Å². The molecule has 2 aromatic carbocycles.